The summed E-state index contributed by atoms with van der Waals surface area (Å²) in [4.78, 5) is 25.0. The number of carbonyl (C=O) groups is 1. The summed E-state index contributed by atoms with van der Waals surface area (Å²) in [7, 11) is 1.64. The third-order valence-electron chi connectivity index (χ3n) is 6.35. The average Bonchev–Trinajstić information content (AvgIpc) is 3.36. The molecule has 0 aliphatic rings. The van der Waals surface area contributed by atoms with Crippen molar-refractivity contribution in [3.63, 3.8) is 0 Å². The maximum Gasteiger partial charge on any atom is 0.287 e. The van der Waals surface area contributed by atoms with Gasteiger partial charge >= 0.3 is 0 Å². The number of H-pyrrole nitrogens is 1. The number of carbonyl (C=O) groups excluding carboxylic acids is 1. The summed E-state index contributed by atoms with van der Waals surface area (Å²) >= 11 is 0. The Hall–Kier alpha value is -5.24. The first-order valence-electron chi connectivity index (χ1n) is 12.1. The lowest BCUT2D eigenvalue weighted by atomic mass is 10.1. The Balaban J connectivity index is 1.23. The minimum atomic E-state index is -0.326. The lowest BCUT2D eigenvalue weighted by Crippen LogP contribution is -2.17. The topological polar surface area (TPSA) is 104 Å². The number of benzene rings is 3. The van der Waals surface area contributed by atoms with Gasteiger partial charge in [-0.1, -0.05) is 30.3 Å². The standard InChI is InChI=1S/C30H24N6O2/c1-18-14-26(23-7-5-9-28(38-2)29(23)33-18)34-21-10-11-24-20(15-21)16-27(35-24)30(37)36-32-17-19-12-13-31-25-8-4-3-6-22(19)25/h3-17,35H,1-2H3,(H,33,34)(H,36,37)/b32-17+. The van der Waals surface area contributed by atoms with Crippen molar-refractivity contribution in [3.05, 3.63) is 102 Å². The lowest BCUT2D eigenvalue weighted by molar-refractivity contribution is 0.0951. The Morgan fingerprint density at radius 1 is 1.00 bits per heavy atom. The number of methoxy groups -OCH3 is 1. The van der Waals surface area contributed by atoms with Crippen LogP contribution in [0.5, 0.6) is 5.75 Å². The largest absolute Gasteiger partial charge is 0.494 e. The van der Waals surface area contributed by atoms with Gasteiger partial charge in [0.15, 0.2) is 0 Å². The van der Waals surface area contributed by atoms with Gasteiger partial charge in [-0.2, -0.15) is 5.10 Å². The van der Waals surface area contributed by atoms with Crippen LogP contribution in [0.3, 0.4) is 0 Å². The normalized spacial score (nSPS) is 11.4. The highest BCUT2D eigenvalue weighted by Crippen LogP contribution is 2.32. The molecule has 6 aromatic rings. The molecule has 0 radical (unpaired) electrons. The van der Waals surface area contributed by atoms with Crippen LogP contribution in [0.2, 0.25) is 0 Å². The number of fused-ring (bicyclic) bond motifs is 3. The zero-order valence-corrected chi connectivity index (χ0v) is 20.8. The molecular formula is C30H24N6O2. The number of pyridine rings is 2. The molecule has 3 N–H and O–H groups in total. The number of hydrazone groups is 1. The second kappa shape index (κ2) is 9.67. The first-order chi connectivity index (χ1) is 18.6. The molecule has 0 unspecified atom stereocenters. The van der Waals surface area contributed by atoms with Crippen molar-refractivity contribution in [2.45, 2.75) is 6.92 Å². The number of anilines is 2. The summed E-state index contributed by atoms with van der Waals surface area (Å²) in [6.45, 7) is 1.96. The Kier molecular flexibility index (Phi) is 5.89. The molecule has 0 spiro atoms. The molecule has 8 nitrogen and oxygen atoms in total. The molecule has 186 valence electrons. The number of para-hydroxylation sites is 2. The summed E-state index contributed by atoms with van der Waals surface area (Å²) < 4.78 is 5.50. The van der Waals surface area contributed by atoms with Gasteiger partial charge in [0.1, 0.15) is 17.0 Å². The van der Waals surface area contributed by atoms with Gasteiger partial charge in [0.05, 0.1) is 18.8 Å². The number of hydrogen-bond donors (Lipinski definition) is 3. The fourth-order valence-electron chi connectivity index (χ4n) is 4.56. The molecule has 6 rings (SSSR count). The number of aromatic amines is 1. The third-order valence-corrected chi connectivity index (χ3v) is 6.35. The summed E-state index contributed by atoms with van der Waals surface area (Å²) in [5.41, 5.74) is 9.13. The Labute approximate surface area is 218 Å². The van der Waals surface area contributed by atoms with E-state index in [0.29, 0.717) is 5.69 Å². The van der Waals surface area contributed by atoms with E-state index >= 15 is 0 Å². The number of amides is 1. The molecule has 0 saturated heterocycles. The highest BCUT2D eigenvalue weighted by molar-refractivity contribution is 6.01. The van der Waals surface area contributed by atoms with Crippen molar-refractivity contribution in [2.24, 2.45) is 5.10 Å². The van der Waals surface area contributed by atoms with Crippen LogP contribution in [0.25, 0.3) is 32.7 Å². The van der Waals surface area contributed by atoms with Crippen LogP contribution in [0.15, 0.2) is 90.2 Å². The second-order valence-corrected chi connectivity index (χ2v) is 8.89. The number of hydrogen-bond acceptors (Lipinski definition) is 6. The molecule has 3 aromatic heterocycles. The van der Waals surface area contributed by atoms with E-state index in [2.05, 4.69) is 30.8 Å². The first-order valence-corrected chi connectivity index (χ1v) is 12.1. The summed E-state index contributed by atoms with van der Waals surface area (Å²) in [5, 5.41) is 10.5. The predicted molar refractivity (Wildman–Crippen MR) is 151 cm³/mol. The van der Waals surface area contributed by atoms with Gasteiger partial charge in [-0.15, -0.1) is 0 Å². The van der Waals surface area contributed by atoms with Crippen LogP contribution in [-0.2, 0) is 0 Å². The van der Waals surface area contributed by atoms with Gasteiger partial charge in [0, 0.05) is 50.5 Å². The zero-order valence-electron chi connectivity index (χ0n) is 20.8. The molecule has 1 amide bonds. The zero-order chi connectivity index (χ0) is 26.1. The number of ether oxygens (including phenoxy) is 1. The van der Waals surface area contributed by atoms with Crippen molar-refractivity contribution in [3.8, 4) is 5.75 Å². The average molecular weight is 501 g/mol. The van der Waals surface area contributed by atoms with E-state index in [1.807, 2.05) is 85.8 Å². The first kappa shape index (κ1) is 23.2. The maximum absolute atomic E-state index is 12.8. The molecule has 38 heavy (non-hydrogen) atoms. The summed E-state index contributed by atoms with van der Waals surface area (Å²) in [5.74, 6) is 0.402. The van der Waals surface area contributed by atoms with Crippen LogP contribution in [0, 0.1) is 6.92 Å². The molecule has 3 aromatic carbocycles. The lowest BCUT2D eigenvalue weighted by Gasteiger charge is -2.13. The molecular weight excluding hydrogens is 476 g/mol. The number of aryl methyl sites for hydroxylation is 1. The van der Waals surface area contributed by atoms with Gasteiger partial charge in [0.2, 0.25) is 0 Å². The van der Waals surface area contributed by atoms with E-state index < -0.39 is 0 Å². The predicted octanol–water partition coefficient (Wildman–Crippen LogP) is 6.09. The van der Waals surface area contributed by atoms with Crippen molar-refractivity contribution in [2.75, 3.05) is 12.4 Å². The number of nitrogens with zero attached hydrogens (tertiary/aromatic N) is 3. The molecule has 3 heterocycles. The highest BCUT2D eigenvalue weighted by atomic mass is 16.5. The fourth-order valence-corrected chi connectivity index (χ4v) is 4.56. The second-order valence-electron chi connectivity index (χ2n) is 8.89. The smallest absolute Gasteiger partial charge is 0.287 e. The van der Waals surface area contributed by atoms with Gasteiger partial charge < -0.3 is 15.0 Å². The minimum Gasteiger partial charge on any atom is -0.494 e. The van der Waals surface area contributed by atoms with E-state index in [-0.39, 0.29) is 5.91 Å². The minimum absolute atomic E-state index is 0.326. The fraction of sp³-hybridized carbons (Fsp3) is 0.0667. The van der Waals surface area contributed by atoms with Gasteiger partial charge in [-0.05, 0) is 55.5 Å². The van der Waals surface area contributed by atoms with Crippen molar-refractivity contribution in [1.82, 2.24) is 20.4 Å². The highest BCUT2D eigenvalue weighted by Gasteiger charge is 2.12. The van der Waals surface area contributed by atoms with Crippen molar-refractivity contribution >= 4 is 56.2 Å². The molecule has 8 heteroatoms. The Bertz CT molecular complexity index is 1850. The van der Waals surface area contributed by atoms with E-state index in [0.717, 1.165) is 61.1 Å². The maximum atomic E-state index is 12.8. The monoisotopic (exact) mass is 500 g/mol. The quantitative estimate of drug-likeness (QED) is 0.190. The van der Waals surface area contributed by atoms with Gasteiger partial charge in [0.25, 0.3) is 5.91 Å². The van der Waals surface area contributed by atoms with Crippen LogP contribution in [0.1, 0.15) is 21.7 Å². The Morgan fingerprint density at radius 2 is 1.87 bits per heavy atom. The van der Waals surface area contributed by atoms with E-state index in [4.69, 9.17) is 4.74 Å². The molecule has 0 atom stereocenters. The van der Waals surface area contributed by atoms with E-state index in [9.17, 15) is 4.79 Å². The van der Waals surface area contributed by atoms with Crippen molar-refractivity contribution < 1.29 is 9.53 Å². The Morgan fingerprint density at radius 3 is 2.76 bits per heavy atom. The molecule has 0 fully saturated rings. The van der Waals surface area contributed by atoms with Crippen LogP contribution in [0.4, 0.5) is 11.4 Å². The van der Waals surface area contributed by atoms with Gasteiger partial charge in [-0.3, -0.25) is 9.78 Å². The third kappa shape index (κ3) is 4.39. The van der Waals surface area contributed by atoms with Crippen LogP contribution in [-0.4, -0.2) is 34.2 Å². The van der Waals surface area contributed by atoms with Crippen molar-refractivity contribution in [1.29, 1.82) is 0 Å². The number of rotatable bonds is 6. The van der Waals surface area contributed by atoms with E-state index in [1.54, 1.807) is 19.5 Å². The molecule has 0 saturated carbocycles. The van der Waals surface area contributed by atoms with Gasteiger partial charge in [-0.25, -0.2) is 10.4 Å². The molecule has 0 bridgehead atoms. The number of aromatic nitrogens is 3. The molecule has 0 aliphatic heterocycles. The van der Waals surface area contributed by atoms with Crippen LogP contribution < -0.4 is 15.5 Å². The summed E-state index contributed by atoms with van der Waals surface area (Å²) in [6.07, 6.45) is 3.35. The van der Waals surface area contributed by atoms with Crippen LogP contribution >= 0.6 is 0 Å². The molecule has 0 aliphatic carbocycles. The van der Waals surface area contributed by atoms with E-state index in [1.165, 1.54) is 0 Å². The number of nitrogens with one attached hydrogen (secondary N) is 3. The summed E-state index contributed by atoms with van der Waals surface area (Å²) in [6, 6.07) is 25.2. The SMILES string of the molecule is COc1cccc2c(Nc3ccc4[nH]c(C(=O)N/N=C/c5ccnc6ccccc56)cc4c3)cc(C)nc12.